The van der Waals surface area contributed by atoms with E-state index in [4.69, 9.17) is 21.1 Å². The third-order valence-electron chi connectivity index (χ3n) is 5.49. The topological polar surface area (TPSA) is 65.4 Å². The van der Waals surface area contributed by atoms with Crippen LogP contribution in [0.5, 0.6) is 11.5 Å². The van der Waals surface area contributed by atoms with E-state index in [1.54, 1.807) is 31.5 Å². The van der Waals surface area contributed by atoms with Crippen molar-refractivity contribution in [1.82, 2.24) is 9.78 Å². The minimum Gasteiger partial charge on any atom is -0.496 e. The second-order valence-electron chi connectivity index (χ2n) is 8.22. The second kappa shape index (κ2) is 12.1. The molecule has 37 heavy (non-hydrogen) atoms. The molecule has 190 valence electrons. The molecule has 0 aliphatic heterocycles. The lowest BCUT2D eigenvalue weighted by atomic mass is 10.1. The Morgan fingerprint density at radius 3 is 2.70 bits per heavy atom. The summed E-state index contributed by atoms with van der Waals surface area (Å²) in [5.74, 6) is 0.969. The van der Waals surface area contributed by atoms with Crippen molar-refractivity contribution in [1.29, 1.82) is 0 Å². The molecule has 0 fully saturated rings. The van der Waals surface area contributed by atoms with Gasteiger partial charge in [0.2, 0.25) is 5.91 Å². The Morgan fingerprint density at radius 2 is 1.97 bits per heavy atom. The SMILES string of the molecule is COc1ccc(/C=C/C(=O)Nc2nn(Cc3c(F)cccc3Cl)cc2Br)cc1COc1ccc(C)cc1. The number of carbonyl (C=O) groups is 1. The average Bonchev–Trinajstić information content (AvgIpc) is 3.23. The summed E-state index contributed by atoms with van der Waals surface area (Å²) in [4.78, 5) is 12.6. The molecule has 0 atom stereocenters. The lowest BCUT2D eigenvalue weighted by Gasteiger charge is -2.11. The molecule has 1 aromatic heterocycles. The van der Waals surface area contributed by atoms with E-state index < -0.39 is 5.82 Å². The maximum Gasteiger partial charge on any atom is 0.249 e. The predicted octanol–water partition coefficient (Wildman–Crippen LogP) is 7.03. The lowest BCUT2D eigenvalue weighted by Crippen LogP contribution is -2.10. The fraction of sp³-hybridized carbons (Fsp3) is 0.143. The molecule has 4 aromatic rings. The Bertz CT molecular complexity index is 1420. The van der Waals surface area contributed by atoms with Gasteiger partial charge in [0.05, 0.1) is 18.1 Å². The monoisotopic (exact) mass is 583 g/mol. The number of aryl methyl sites for hydroxylation is 1. The number of halogens is 3. The van der Waals surface area contributed by atoms with Crippen LogP contribution in [-0.2, 0) is 17.9 Å². The molecule has 3 aromatic carbocycles. The Morgan fingerprint density at radius 1 is 1.19 bits per heavy atom. The van der Waals surface area contributed by atoms with Crippen LogP contribution in [-0.4, -0.2) is 22.8 Å². The van der Waals surface area contributed by atoms with Gasteiger partial charge in [-0.3, -0.25) is 9.48 Å². The van der Waals surface area contributed by atoms with Crippen LogP contribution in [0.4, 0.5) is 10.2 Å². The molecule has 0 aliphatic rings. The number of amides is 1. The number of nitrogens with one attached hydrogen (secondary N) is 1. The quantitative estimate of drug-likeness (QED) is 0.215. The van der Waals surface area contributed by atoms with E-state index in [0.717, 1.165) is 22.4 Å². The average molecular weight is 585 g/mol. The summed E-state index contributed by atoms with van der Waals surface area (Å²) in [6.07, 6.45) is 4.74. The number of ether oxygens (including phenoxy) is 2. The van der Waals surface area contributed by atoms with E-state index in [1.807, 2.05) is 49.4 Å². The van der Waals surface area contributed by atoms with Crippen molar-refractivity contribution < 1.29 is 18.7 Å². The number of nitrogens with zero attached hydrogens (tertiary/aromatic N) is 2. The molecule has 1 N–H and O–H groups in total. The van der Waals surface area contributed by atoms with Gasteiger partial charge in [-0.05, 0) is 70.9 Å². The lowest BCUT2D eigenvalue weighted by molar-refractivity contribution is -0.111. The van der Waals surface area contributed by atoms with Crippen LogP contribution in [0.3, 0.4) is 0 Å². The molecule has 0 radical (unpaired) electrons. The Balaban J connectivity index is 1.41. The van der Waals surface area contributed by atoms with Gasteiger partial charge in [0, 0.05) is 28.4 Å². The van der Waals surface area contributed by atoms with Crippen LogP contribution >= 0.6 is 27.5 Å². The first-order chi connectivity index (χ1) is 17.8. The maximum absolute atomic E-state index is 14.1. The van der Waals surface area contributed by atoms with Crippen LogP contribution in [0.15, 0.2) is 77.4 Å². The van der Waals surface area contributed by atoms with E-state index >= 15 is 0 Å². The van der Waals surface area contributed by atoms with Gasteiger partial charge in [-0.1, -0.05) is 41.4 Å². The smallest absolute Gasteiger partial charge is 0.249 e. The third-order valence-corrected chi connectivity index (χ3v) is 6.42. The number of anilines is 1. The third kappa shape index (κ3) is 6.99. The normalized spacial score (nSPS) is 11.1. The minimum absolute atomic E-state index is 0.120. The molecule has 0 spiro atoms. The molecule has 1 amide bonds. The number of rotatable bonds is 9. The van der Waals surface area contributed by atoms with E-state index in [1.165, 1.54) is 16.8 Å². The summed E-state index contributed by atoms with van der Waals surface area (Å²) >= 11 is 9.49. The summed E-state index contributed by atoms with van der Waals surface area (Å²) in [5.41, 5.74) is 3.12. The van der Waals surface area contributed by atoms with Gasteiger partial charge in [0.25, 0.3) is 0 Å². The van der Waals surface area contributed by atoms with Gasteiger partial charge < -0.3 is 14.8 Å². The fourth-order valence-electron chi connectivity index (χ4n) is 3.55. The van der Waals surface area contributed by atoms with E-state index in [9.17, 15) is 9.18 Å². The second-order valence-corrected chi connectivity index (χ2v) is 9.48. The van der Waals surface area contributed by atoms with Crippen molar-refractivity contribution in [3.05, 3.63) is 111 Å². The largest absolute Gasteiger partial charge is 0.496 e. The van der Waals surface area contributed by atoms with Gasteiger partial charge in [-0.25, -0.2) is 4.39 Å². The minimum atomic E-state index is -0.421. The zero-order valence-electron chi connectivity index (χ0n) is 20.2. The molecule has 9 heteroatoms. The van der Waals surface area contributed by atoms with Gasteiger partial charge in [0.15, 0.2) is 5.82 Å². The van der Waals surface area contributed by atoms with E-state index in [2.05, 4.69) is 26.3 Å². The highest BCUT2D eigenvalue weighted by atomic mass is 79.9. The fourth-order valence-corrected chi connectivity index (χ4v) is 4.19. The van der Waals surface area contributed by atoms with Gasteiger partial charge >= 0.3 is 0 Å². The number of benzene rings is 3. The molecule has 6 nitrogen and oxygen atoms in total. The summed E-state index contributed by atoms with van der Waals surface area (Å²) in [5, 5.41) is 7.36. The molecular weight excluding hydrogens is 561 g/mol. The van der Waals surface area contributed by atoms with Crippen molar-refractivity contribution in [2.24, 2.45) is 0 Å². The standard InChI is InChI=1S/C28H24BrClFN3O3/c1-18-6-10-21(11-7-18)37-17-20-14-19(8-12-26(20)36-2)9-13-27(35)32-28-23(29)16-34(33-28)15-22-24(30)4-3-5-25(22)31/h3-14,16H,15,17H2,1-2H3,(H,32,33,35)/b13-9+. The number of methoxy groups -OCH3 is 1. The van der Waals surface area contributed by atoms with Crippen molar-refractivity contribution in [2.45, 2.75) is 20.1 Å². The summed E-state index contributed by atoms with van der Waals surface area (Å²) in [6, 6.07) is 17.9. The van der Waals surface area contributed by atoms with Crippen LogP contribution < -0.4 is 14.8 Å². The zero-order chi connectivity index (χ0) is 26.4. The number of aromatic nitrogens is 2. The number of hydrogen-bond acceptors (Lipinski definition) is 4. The summed E-state index contributed by atoms with van der Waals surface area (Å²) in [7, 11) is 1.60. The Kier molecular flexibility index (Phi) is 8.63. The molecule has 0 unspecified atom stereocenters. The van der Waals surface area contributed by atoms with Crippen molar-refractivity contribution in [3.63, 3.8) is 0 Å². The van der Waals surface area contributed by atoms with Crippen molar-refractivity contribution in [3.8, 4) is 11.5 Å². The van der Waals surface area contributed by atoms with Gasteiger partial charge in [-0.2, -0.15) is 5.10 Å². The first kappa shape index (κ1) is 26.4. The number of carbonyl (C=O) groups excluding carboxylic acids is 1. The Labute approximate surface area is 227 Å². The van der Waals surface area contributed by atoms with Gasteiger partial charge in [0.1, 0.15) is 23.9 Å². The molecular formula is C28H24BrClFN3O3. The van der Waals surface area contributed by atoms with Crippen LogP contribution in [0.1, 0.15) is 22.3 Å². The maximum atomic E-state index is 14.1. The Hall–Kier alpha value is -3.62. The van der Waals surface area contributed by atoms with E-state index in [-0.39, 0.29) is 12.5 Å². The first-order valence-electron chi connectivity index (χ1n) is 11.3. The highest BCUT2D eigenvalue weighted by Gasteiger charge is 2.13. The predicted molar refractivity (Wildman–Crippen MR) is 147 cm³/mol. The summed E-state index contributed by atoms with van der Waals surface area (Å²) < 4.78 is 27.5. The van der Waals surface area contributed by atoms with Crippen LogP contribution in [0.2, 0.25) is 5.02 Å². The molecule has 4 rings (SSSR count). The summed E-state index contributed by atoms with van der Waals surface area (Å²) in [6.45, 7) is 2.45. The molecule has 0 saturated heterocycles. The van der Waals surface area contributed by atoms with Crippen LogP contribution in [0, 0.1) is 12.7 Å². The first-order valence-corrected chi connectivity index (χ1v) is 12.5. The molecule has 0 aliphatic carbocycles. The number of hydrogen-bond donors (Lipinski definition) is 1. The molecule has 1 heterocycles. The molecule has 0 bridgehead atoms. The van der Waals surface area contributed by atoms with Gasteiger partial charge in [-0.15, -0.1) is 0 Å². The van der Waals surface area contributed by atoms with E-state index in [0.29, 0.717) is 33.2 Å². The molecule has 0 saturated carbocycles. The van der Waals surface area contributed by atoms with Crippen molar-refractivity contribution in [2.75, 3.05) is 12.4 Å². The van der Waals surface area contributed by atoms with Crippen molar-refractivity contribution >= 4 is 45.3 Å². The highest BCUT2D eigenvalue weighted by molar-refractivity contribution is 9.10. The van der Waals surface area contributed by atoms with Crippen LogP contribution in [0.25, 0.3) is 6.08 Å². The zero-order valence-corrected chi connectivity index (χ0v) is 22.5. The highest BCUT2D eigenvalue weighted by Crippen LogP contribution is 2.25.